The standard InChI is InChI=1S/C27H19BrFN3O3/c1-34-25-12-20(15-31-32-27(33)22-10-9-17(14-30)11-24(22)29)23(28)13-26(25)35-16-19-7-4-6-18-5-2-3-8-21(18)19/h2-13,15H,16H2,1H3,(H,32,33)/b31-15-. The van der Waals surface area contributed by atoms with Crippen LogP contribution in [0, 0.1) is 17.1 Å². The van der Waals surface area contributed by atoms with Crippen molar-refractivity contribution in [3.05, 3.63) is 105 Å². The number of ether oxygens (including phenoxy) is 2. The van der Waals surface area contributed by atoms with Crippen LogP contribution in [0.3, 0.4) is 0 Å². The number of hydrazone groups is 1. The molecule has 35 heavy (non-hydrogen) atoms. The van der Waals surface area contributed by atoms with Gasteiger partial charge in [0.15, 0.2) is 11.5 Å². The van der Waals surface area contributed by atoms with E-state index in [9.17, 15) is 9.18 Å². The van der Waals surface area contributed by atoms with Crippen LogP contribution in [-0.2, 0) is 6.61 Å². The third-order valence-corrected chi connectivity index (χ3v) is 5.95. The second-order valence-electron chi connectivity index (χ2n) is 7.46. The lowest BCUT2D eigenvalue weighted by molar-refractivity contribution is 0.0951. The molecule has 0 fully saturated rings. The Morgan fingerprint density at radius 3 is 2.69 bits per heavy atom. The van der Waals surface area contributed by atoms with E-state index in [1.165, 1.54) is 25.5 Å². The molecule has 6 nitrogen and oxygen atoms in total. The van der Waals surface area contributed by atoms with Crippen LogP contribution in [0.5, 0.6) is 11.5 Å². The minimum absolute atomic E-state index is 0.126. The zero-order chi connectivity index (χ0) is 24.8. The summed E-state index contributed by atoms with van der Waals surface area (Å²) in [4.78, 5) is 12.2. The quantitative estimate of drug-likeness (QED) is 0.235. The molecule has 0 spiro atoms. The third kappa shape index (κ3) is 5.48. The Balaban J connectivity index is 1.48. The summed E-state index contributed by atoms with van der Waals surface area (Å²) in [5, 5.41) is 15.0. The summed E-state index contributed by atoms with van der Waals surface area (Å²) in [6.45, 7) is 0.351. The lowest BCUT2D eigenvalue weighted by Crippen LogP contribution is -2.19. The van der Waals surface area contributed by atoms with E-state index < -0.39 is 11.7 Å². The SMILES string of the molecule is COc1cc(/C=N\NC(=O)c2ccc(C#N)cc2F)c(Br)cc1OCc1cccc2ccccc12. The van der Waals surface area contributed by atoms with Crippen LogP contribution in [0.4, 0.5) is 4.39 Å². The Morgan fingerprint density at radius 2 is 1.91 bits per heavy atom. The summed E-state index contributed by atoms with van der Waals surface area (Å²) in [5.41, 5.74) is 3.85. The second-order valence-corrected chi connectivity index (χ2v) is 8.31. The number of methoxy groups -OCH3 is 1. The first-order chi connectivity index (χ1) is 17.0. The van der Waals surface area contributed by atoms with Gasteiger partial charge in [-0.25, -0.2) is 9.82 Å². The molecule has 0 atom stereocenters. The van der Waals surface area contributed by atoms with E-state index in [0.717, 1.165) is 22.4 Å². The maximum Gasteiger partial charge on any atom is 0.274 e. The number of nitrogens with zero attached hydrogens (tertiary/aromatic N) is 2. The van der Waals surface area contributed by atoms with Crippen molar-refractivity contribution in [2.75, 3.05) is 7.11 Å². The Hall–Kier alpha value is -4.22. The fourth-order valence-electron chi connectivity index (χ4n) is 3.49. The molecule has 4 aromatic rings. The predicted molar refractivity (Wildman–Crippen MR) is 135 cm³/mol. The van der Waals surface area contributed by atoms with E-state index in [0.29, 0.717) is 28.1 Å². The van der Waals surface area contributed by atoms with Crippen LogP contribution in [0.1, 0.15) is 27.0 Å². The van der Waals surface area contributed by atoms with E-state index in [1.807, 2.05) is 30.3 Å². The van der Waals surface area contributed by atoms with Gasteiger partial charge in [0.05, 0.1) is 30.5 Å². The lowest BCUT2D eigenvalue weighted by Gasteiger charge is -2.14. The van der Waals surface area contributed by atoms with Crippen molar-refractivity contribution in [3.8, 4) is 17.6 Å². The second kappa shape index (κ2) is 10.8. The first-order valence-electron chi connectivity index (χ1n) is 10.5. The van der Waals surface area contributed by atoms with Gasteiger partial charge in [0.2, 0.25) is 0 Å². The number of benzene rings is 4. The summed E-state index contributed by atoms with van der Waals surface area (Å²) in [7, 11) is 1.53. The van der Waals surface area contributed by atoms with Gasteiger partial charge in [0, 0.05) is 10.0 Å². The lowest BCUT2D eigenvalue weighted by atomic mass is 10.1. The molecular weight excluding hydrogens is 513 g/mol. The molecule has 174 valence electrons. The summed E-state index contributed by atoms with van der Waals surface area (Å²) < 4.78 is 26.2. The van der Waals surface area contributed by atoms with Crippen molar-refractivity contribution >= 4 is 38.8 Å². The van der Waals surface area contributed by atoms with Crippen LogP contribution < -0.4 is 14.9 Å². The number of nitrogens with one attached hydrogen (secondary N) is 1. The van der Waals surface area contributed by atoms with Gasteiger partial charge in [-0.1, -0.05) is 42.5 Å². The van der Waals surface area contributed by atoms with Gasteiger partial charge in [0.25, 0.3) is 5.91 Å². The summed E-state index contributed by atoms with van der Waals surface area (Å²) in [5.74, 6) is -0.513. The van der Waals surface area contributed by atoms with Crippen LogP contribution in [0.15, 0.2) is 82.4 Å². The molecule has 0 saturated heterocycles. The maximum absolute atomic E-state index is 14.0. The van der Waals surface area contributed by atoms with Crippen LogP contribution in [-0.4, -0.2) is 19.2 Å². The number of carbonyl (C=O) groups excluding carboxylic acids is 1. The maximum atomic E-state index is 14.0. The van der Waals surface area contributed by atoms with Crippen LogP contribution in [0.25, 0.3) is 10.8 Å². The average molecular weight is 532 g/mol. The van der Waals surface area contributed by atoms with Crippen LogP contribution in [0.2, 0.25) is 0 Å². The number of fused-ring (bicyclic) bond motifs is 1. The monoisotopic (exact) mass is 531 g/mol. The summed E-state index contributed by atoms with van der Waals surface area (Å²) in [6, 6.07) is 23.0. The number of hydrogen-bond donors (Lipinski definition) is 1. The number of halogens is 2. The van der Waals surface area contributed by atoms with Gasteiger partial charge >= 0.3 is 0 Å². The van der Waals surface area contributed by atoms with E-state index in [-0.39, 0.29) is 11.1 Å². The minimum atomic E-state index is -0.799. The molecule has 0 bridgehead atoms. The Labute approximate surface area is 209 Å². The highest BCUT2D eigenvalue weighted by atomic mass is 79.9. The molecule has 4 aromatic carbocycles. The first-order valence-corrected chi connectivity index (χ1v) is 11.3. The fraction of sp³-hybridized carbons (Fsp3) is 0.0741. The molecule has 0 aliphatic rings. The van der Waals surface area contributed by atoms with E-state index >= 15 is 0 Å². The zero-order valence-corrected chi connectivity index (χ0v) is 20.2. The molecule has 0 aliphatic heterocycles. The van der Waals surface area contributed by atoms with Gasteiger partial charge in [0.1, 0.15) is 12.4 Å². The molecule has 1 amide bonds. The number of rotatable bonds is 7. The average Bonchev–Trinajstić information content (AvgIpc) is 2.88. The van der Waals surface area contributed by atoms with Crippen molar-refractivity contribution in [1.82, 2.24) is 5.43 Å². The Kier molecular flexibility index (Phi) is 7.38. The third-order valence-electron chi connectivity index (χ3n) is 5.26. The summed E-state index contributed by atoms with van der Waals surface area (Å²) in [6.07, 6.45) is 1.40. The molecule has 1 N–H and O–H groups in total. The highest BCUT2D eigenvalue weighted by Gasteiger charge is 2.13. The van der Waals surface area contributed by atoms with Crippen molar-refractivity contribution < 1.29 is 18.7 Å². The molecule has 4 rings (SSSR count). The number of nitriles is 1. The fourth-order valence-corrected chi connectivity index (χ4v) is 3.91. The van der Waals surface area contributed by atoms with E-state index in [1.54, 1.807) is 12.1 Å². The van der Waals surface area contributed by atoms with Crippen molar-refractivity contribution in [2.24, 2.45) is 5.10 Å². The molecular formula is C27H19BrFN3O3. The molecule has 0 saturated carbocycles. The number of carbonyl (C=O) groups is 1. The Morgan fingerprint density at radius 1 is 1.11 bits per heavy atom. The van der Waals surface area contributed by atoms with Gasteiger partial charge in [-0.15, -0.1) is 0 Å². The van der Waals surface area contributed by atoms with Gasteiger partial charge < -0.3 is 9.47 Å². The van der Waals surface area contributed by atoms with Crippen molar-refractivity contribution in [3.63, 3.8) is 0 Å². The Bertz CT molecular complexity index is 1480. The number of amides is 1. The minimum Gasteiger partial charge on any atom is -0.493 e. The topological polar surface area (TPSA) is 83.7 Å². The molecule has 0 aliphatic carbocycles. The molecule has 0 aromatic heterocycles. The molecule has 0 radical (unpaired) electrons. The number of hydrogen-bond acceptors (Lipinski definition) is 5. The normalized spacial score (nSPS) is 10.8. The zero-order valence-electron chi connectivity index (χ0n) is 18.6. The largest absolute Gasteiger partial charge is 0.493 e. The molecule has 0 unspecified atom stereocenters. The molecule has 8 heteroatoms. The first kappa shape index (κ1) is 23.9. The van der Waals surface area contributed by atoms with E-state index in [2.05, 4.69) is 44.7 Å². The van der Waals surface area contributed by atoms with Crippen LogP contribution >= 0.6 is 15.9 Å². The van der Waals surface area contributed by atoms with Gasteiger partial charge in [-0.05, 0) is 62.6 Å². The van der Waals surface area contributed by atoms with E-state index in [4.69, 9.17) is 14.7 Å². The van der Waals surface area contributed by atoms with Gasteiger partial charge in [-0.2, -0.15) is 10.4 Å². The molecule has 0 heterocycles. The van der Waals surface area contributed by atoms with Crippen molar-refractivity contribution in [2.45, 2.75) is 6.61 Å². The highest BCUT2D eigenvalue weighted by molar-refractivity contribution is 9.10. The summed E-state index contributed by atoms with van der Waals surface area (Å²) >= 11 is 3.49. The predicted octanol–water partition coefficient (Wildman–Crippen LogP) is 5.96. The highest BCUT2D eigenvalue weighted by Crippen LogP contribution is 2.34. The van der Waals surface area contributed by atoms with Crippen molar-refractivity contribution in [1.29, 1.82) is 5.26 Å². The smallest absolute Gasteiger partial charge is 0.274 e. The van der Waals surface area contributed by atoms with Gasteiger partial charge in [-0.3, -0.25) is 4.79 Å².